The van der Waals surface area contributed by atoms with Crippen LogP contribution in [0.4, 0.5) is 8.78 Å². The summed E-state index contributed by atoms with van der Waals surface area (Å²) in [6, 6.07) is 5.92. The minimum absolute atomic E-state index is 0.106. The molecule has 0 atom stereocenters. The van der Waals surface area contributed by atoms with Gasteiger partial charge in [-0.05, 0) is 24.3 Å². The van der Waals surface area contributed by atoms with Gasteiger partial charge in [-0.25, -0.2) is 8.78 Å². The average molecular weight is 317 g/mol. The van der Waals surface area contributed by atoms with Crippen molar-refractivity contribution < 1.29 is 18.3 Å². The Bertz CT molecular complexity index is 660. The van der Waals surface area contributed by atoms with Crippen LogP contribution in [-0.2, 0) is 6.61 Å². The summed E-state index contributed by atoms with van der Waals surface area (Å²) in [5, 5.41) is 0.430. The molecule has 104 valence electrons. The highest BCUT2D eigenvalue weighted by atomic mass is 35.5. The Labute approximate surface area is 123 Å². The second kappa shape index (κ2) is 6.20. The van der Waals surface area contributed by atoms with Crippen molar-refractivity contribution in [2.24, 2.45) is 0 Å². The van der Waals surface area contributed by atoms with Crippen LogP contribution in [0.15, 0.2) is 30.3 Å². The summed E-state index contributed by atoms with van der Waals surface area (Å²) in [5.74, 6) is -1.30. The summed E-state index contributed by atoms with van der Waals surface area (Å²) >= 11 is 11.7. The molecule has 2 rings (SSSR count). The Morgan fingerprint density at radius 2 is 1.90 bits per heavy atom. The van der Waals surface area contributed by atoms with Crippen molar-refractivity contribution in [3.8, 4) is 5.75 Å². The van der Waals surface area contributed by atoms with Crippen LogP contribution in [0, 0.1) is 11.6 Å². The molecule has 0 amide bonds. The standard InChI is InChI=1S/C14H8Cl2F2O2/c15-10-3-9(6-19)14(12(16)4-10)20-7-8-1-2-11(17)5-13(8)18/h1-6H,7H2. The molecule has 0 aromatic heterocycles. The molecule has 0 fully saturated rings. The Kier molecular flexibility index (Phi) is 4.57. The minimum Gasteiger partial charge on any atom is -0.486 e. The van der Waals surface area contributed by atoms with Gasteiger partial charge in [0.25, 0.3) is 0 Å². The highest BCUT2D eigenvalue weighted by Crippen LogP contribution is 2.32. The molecule has 2 aromatic rings. The van der Waals surface area contributed by atoms with Crippen molar-refractivity contribution in [1.82, 2.24) is 0 Å². The molecule has 0 saturated carbocycles. The lowest BCUT2D eigenvalue weighted by atomic mass is 10.2. The fourth-order valence-electron chi connectivity index (χ4n) is 1.61. The summed E-state index contributed by atoms with van der Waals surface area (Å²) in [7, 11) is 0. The van der Waals surface area contributed by atoms with Gasteiger partial charge < -0.3 is 4.74 Å². The fourth-order valence-corrected chi connectivity index (χ4v) is 2.17. The van der Waals surface area contributed by atoms with E-state index in [1.807, 2.05) is 0 Å². The summed E-state index contributed by atoms with van der Waals surface area (Å²) in [4.78, 5) is 10.9. The first-order valence-corrected chi connectivity index (χ1v) is 6.28. The number of carbonyl (C=O) groups excluding carboxylic acids is 1. The van der Waals surface area contributed by atoms with Gasteiger partial charge in [-0.15, -0.1) is 0 Å². The summed E-state index contributed by atoms with van der Waals surface area (Å²) in [5.41, 5.74) is 0.305. The third-order valence-corrected chi connectivity index (χ3v) is 3.05. The van der Waals surface area contributed by atoms with E-state index in [4.69, 9.17) is 27.9 Å². The maximum Gasteiger partial charge on any atom is 0.153 e. The maximum absolute atomic E-state index is 13.5. The Morgan fingerprint density at radius 3 is 2.55 bits per heavy atom. The van der Waals surface area contributed by atoms with Crippen molar-refractivity contribution in [3.05, 3.63) is 63.1 Å². The molecule has 2 aromatic carbocycles. The number of benzene rings is 2. The molecule has 6 heteroatoms. The van der Waals surface area contributed by atoms with Gasteiger partial charge in [0.2, 0.25) is 0 Å². The SMILES string of the molecule is O=Cc1cc(Cl)cc(Cl)c1OCc1ccc(F)cc1F. The second-order valence-electron chi connectivity index (χ2n) is 3.95. The minimum atomic E-state index is -0.734. The van der Waals surface area contributed by atoms with Gasteiger partial charge in [-0.3, -0.25) is 4.79 Å². The smallest absolute Gasteiger partial charge is 0.153 e. The van der Waals surface area contributed by atoms with E-state index in [-0.39, 0.29) is 33.5 Å². The third-order valence-electron chi connectivity index (χ3n) is 2.55. The zero-order valence-corrected chi connectivity index (χ0v) is 11.5. The van der Waals surface area contributed by atoms with E-state index in [1.165, 1.54) is 18.2 Å². The van der Waals surface area contributed by atoms with Gasteiger partial charge in [0.05, 0.1) is 10.6 Å². The number of hydrogen-bond acceptors (Lipinski definition) is 2. The molecular formula is C14H8Cl2F2O2. The molecule has 0 saturated heterocycles. The van der Waals surface area contributed by atoms with Crippen molar-refractivity contribution in [2.45, 2.75) is 6.61 Å². The molecule has 0 radical (unpaired) electrons. The van der Waals surface area contributed by atoms with Crippen molar-refractivity contribution in [3.63, 3.8) is 0 Å². The molecule has 0 unspecified atom stereocenters. The first-order valence-electron chi connectivity index (χ1n) is 5.52. The highest BCUT2D eigenvalue weighted by molar-refractivity contribution is 6.36. The molecule has 0 aliphatic rings. The van der Waals surface area contributed by atoms with Crippen LogP contribution in [0.5, 0.6) is 5.75 Å². The molecule has 0 heterocycles. The Balaban J connectivity index is 2.25. The van der Waals surface area contributed by atoms with Crippen LogP contribution in [0.25, 0.3) is 0 Å². The van der Waals surface area contributed by atoms with E-state index in [9.17, 15) is 13.6 Å². The fraction of sp³-hybridized carbons (Fsp3) is 0.0714. The van der Waals surface area contributed by atoms with Crippen LogP contribution < -0.4 is 4.74 Å². The van der Waals surface area contributed by atoms with E-state index in [2.05, 4.69) is 0 Å². The number of rotatable bonds is 4. The van der Waals surface area contributed by atoms with Crippen LogP contribution in [0.2, 0.25) is 10.0 Å². The average Bonchev–Trinajstić information content (AvgIpc) is 2.38. The van der Waals surface area contributed by atoms with Gasteiger partial charge in [0.15, 0.2) is 6.29 Å². The molecular weight excluding hydrogens is 309 g/mol. The molecule has 0 spiro atoms. The number of aldehydes is 1. The number of ether oxygens (including phenoxy) is 1. The van der Waals surface area contributed by atoms with Gasteiger partial charge in [-0.2, -0.15) is 0 Å². The lowest BCUT2D eigenvalue weighted by Crippen LogP contribution is -2.01. The highest BCUT2D eigenvalue weighted by Gasteiger charge is 2.12. The van der Waals surface area contributed by atoms with Gasteiger partial charge in [-0.1, -0.05) is 23.2 Å². The van der Waals surface area contributed by atoms with E-state index < -0.39 is 11.6 Å². The first-order chi connectivity index (χ1) is 9.51. The quantitative estimate of drug-likeness (QED) is 0.767. The van der Waals surface area contributed by atoms with E-state index in [0.717, 1.165) is 12.1 Å². The largest absolute Gasteiger partial charge is 0.486 e. The topological polar surface area (TPSA) is 26.3 Å². The number of halogens is 4. The lowest BCUT2D eigenvalue weighted by Gasteiger charge is -2.11. The number of carbonyl (C=O) groups is 1. The van der Waals surface area contributed by atoms with Crippen LogP contribution in [0.3, 0.4) is 0 Å². The lowest BCUT2D eigenvalue weighted by molar-refractivity contribution is 0.111. The van der Waals surface area contributed by atoms with Gasteiger partial charge in [0, 0.05) is 16.7 Å². The van der Waals surface area contributed by atoms with E-state index >= 15 is 0 Å². The zero-order valence-electron chi connectivity index (χ0n) is 10.00. The van der Waals surface area contributed by atoms with Gasteiger partial charge in [0.1, 0.15) is 24.0 Å². The van der Waals surface area contributed by atoms with Crippen LogP contribution >= 0.6 is 23.2 Å². The Morgan fingerprint density at radius 1 is 1.15 bits per heavy atom. The maximum atomic E-state index is 13.5. The summed E-state index contributed by atoms with van der Waals surface area (Å²) < 4.78 is 31.6. The molecule has 0 bridgehead atoms. The van der Waals surface area contributed by atoms with Crippen LogP contribution in [-0.4, -0.2) is 6.29 Å². The van der Waals surface area contributed by atoms with Gasteiger partial charge >= 0.3 is 0 Å². The summed E-state index contributed by atoms with van der Waals surface area (Å²) in [6.45, 7) is -0.186. The molecule has 20 heavy (non-hydrogen) atoms. The number of hydrogen-bond donors (Lipinski definition) is 0. The molecule has 0 N–H and O–H groups in total. The predicted molar refractivity (Wildman–Crippen MR) is 72.5 cm³/mol. The van der Waals surface area contributed by atoms with Crippen molar-refractivity contribution in [2.75, 3.05) is 0 Å². The normalized spacial score (nSPS) is 10.4. The van der Waals surface area contributed by atoms with E-state index in [1.54, 1.807) is 0 Å². The van der Waals surface area contributed by atoms with Crippen molar-refractivity contribution in [1.29, 1.82) is 0 Å². The predicted octanol–water partition coefficient (Wildman–Crippen LogP) is 4.66. The van der Waals surface area contributed by atoms with E-state index in [0.29, 0.717) is 6.29 Å². The van der Waals surface area contributed by atoms with Crippen molar-refractivity contribution >= 4 is 29.5 Å². The zero-order chi connectivity index (χ0) is 14.7. The summed E-state index contributed by atoms with van der Waals surface area (Å²) in [6.07, 6.45) is 0.536. The molecule has 2 nitrogen and oxygen atoms in total. The first kappa shape index (κ1) is 14.8. The Hall–Kier alpha value is -1.65. The second-order valence-corrected chi connectivity index (χ2v) is 4.79. The third kappa shape index (κ3) is 3.26. The monoisotopic (exact) mass is 316 g/mol. The molecule has 0 aliphatic carbocycles. The van der Waals surface area contributed by atoms with Crippen LogP contribution in [0.1, 0.15) is 15.9 Å². The molecule has 0 aliphatic heterocycles.